The van der Waals surface area contributed by atoms with Gasteiger partial charge in [0.05, 0.1) is 0 Å². The standard InChI is InChI=1S/C12H13Cl3O/c1-2-3-4-9-5-6-10(8-16)11(7-9)12(13,14)15/h5-8H,2-4H2,1H3. The molecule has 0 unspecified atom stereocenters. The highest BCUT2D eigenvalue weighted by Gasteiger charge is 2.26. The Bertz CT molecular complexity index is 369. The van der Waals surface area contributed by atoms with E-state index in [1.54, 1.807) is 12.1 Å². The van der Waals surface area contributed by atoms with E-state index in [-0.39, 0.29) is 0 Å². The summed E-state index contributed by atoms with van der Waals surface area (Å²) in [6.07, 6.45) is 3.84. The monoisotopic (exact) mass is 278 g/mol. The number of halogens is 3. The lowest BCUT2D eigenvalue weighted by atomic mass is 10.0. The van der Waals surface area contributed by atoms with E-state index >= 15 is 0 Å². The van der Waals surface area contributed by atoms with Crippen molar-refractivity contribution in [2.24, 2.45) is 0 Å². The predicted octanol–water partition coefficient (Wildman–Crippen LogP) is 4.67. The van der Waals surface area contributed by atoms with Gasteiger partial charge in [-0.05, 0) is 18.4 Å². The molecule has 4 heteroatoms. The highest BCUT2D eigenvalue weighted by atomic mass is 35.6. The van der Waals surface area contributed by atoms with Crippen molar-refractivity contribution < 1.29 is 4.79 Å². The first-order valence-corrected chi connectivity index (χ1v) is 6.27. The molecular formula is C12H13Cl3O. The SMILES string of the molecule is CCCCc1ccc(C=O)c(C(Cl)(Cl)Cl)c1. The Labute approximate surface area is 111 Å². The van der Waals surface area contributed by atoms with Crippen LogP contribution < -0.4 is 0 Å². The minimum Gasteiger partial charge on any atom is -0.298 e. The lowest BCUT2D eigenvalue weighted by Crippen LogP contribution is -2.06. The highest BCUT2D eigenvalue weighted by Crippen LogP contribution is 2.40. The Morgan fingerprint density at radius 1 is 1.31 bits per heavy atom. The van der Waals surface area contributed by atoms with Crippen LogP contribution in [-0.2, 0) is 10.2 Å². The van der Waals surface area contributed by atoms with E-state index in [9.17, 15) is 4.79 Å². The molecular weight excluding hydrogens is 266 g/mol. The van der Waals surface area contributed by atoms with Crippen molar-refractivity contribution in [2.45, 2.75) is 30.0 Å². The molecule has 0 N–H and O–H groups in total. The Kier molecular flexibility index (Phi) is 5.10. The van der Waals surface area contributed by atoms with E-state index in [1.807, 2.05) is 6.07 Å². The number of carbonyl (C=O) groups excluding carboxylic acids is 1. The first-order valence-electron chi connectivity index (χ1n) is 5.14. The van der Waals surface area contributed by atoms with Gasteiger partial charge in [0.1, 0.15) is 6.29 Å². The van der Waals surface area contributed by atoms with Crippen LogP contribution in [0.3, 0.4) is 0 Å². The molecule has 0 bridgehead atoms. The molecule has 0 aromatic heterocycles. The fourth-order valence-corrected chi connectivity index (χ4v) is 1.98. The fraction of sp³-hybridized carbons (Fsp3) is 0.417. The van der Waals surface area contributed by atoms with Gasteiger partial charge in [-0.15, -0.1) is 0 Å². The molecule has 0 saturated carbocycles. The smallest absolute Gasteiger partial charge is 0.216 e. The Balaban J connectivity index is 3.06. The van der Waals surface area contributed by atoms with Gasteiger partial charge in [-0.2, -0.15) is 0 Å². The lowest BCUT2D eigenvalue weighted by molar-refractivity contribution is 0.112. The number of carbonyl (C=O) groups is 1. The van der Waals surface area contributed by atoms with E-state index in [0.29, 0.717) is 17.4 Å². The first kappa shape index (κ1) is 13.8. The molecule has 1 aromatic carbocycles. The number of hydrogen-bond acceptors (Lipinski definition) is 1. The van der Waals surface area contributed by atoms with Gasteiger partial charge in [0.15, 0.2) is 0 Å². The van der Waals surface area contributed by atoms with Crippen molar-refractivity contribution in [1.82, 2.24) is 0 Å². The summed E-state index contributed by atoms with van der Waals surface area (Å²) < 4.78 is -1.54. The molecule has 0 saturated heterocycles. The van der Waals surface area contributed by atoms with Crippen molar-refractivity contribution in [3.63, 3.8) is 0 Å². The van der Waals surface area contributed by atoms with Crippen LogP contribution in [0.5, 0.6) is 0 Å². The molecule has 0 aliphatic rings. The summed E-state index contributed by atoms with van der Waals surface area (Å²) in [7, 11) is 0. The van der Waals surface area contributed by atoms with Gasteiger partial charge in [0.25, 0.3) is 0 Å². The summed E-state index contributed by atoms with van der Waals surface area (Å²) in [6, 6.07) is 5.40. The predicted molar refractivity (Wildman–Crippen MR) is 69.7 cm³/mol. The molecule has 0 aliphatic heterocycles. The maximum Gasteiger partial charge on any atom is 0.216 e. The van der Waals surface area contributed by atoms with Crippen LogP contribution in [-0.4, -0.2) is 6.29 Å². The fourth-order valence-electron chi connectivity index (χ4n) is 1.49. The highest BCUT2D eigenvalue weighted by molar-refractivity contribution is 6.66. The second-order valence-electron chi connectivity index (χ2n) is 3.64. The quantitative estimate of drug-likeness (QED) is 0.578. The van der Waals surface area contributed by atoms with Gasteiger partial charge in [-0.25, -0.2) is 0 Å². The van der Waals surface area contributed by atoms with Gasteiger partial charge >= 0.3 is 0 Å². The molecule has 0 spiro atoms. The first-order chi connectivity index (χ1) is 7.49. The molecule has 0 radical (unpaired) electrons. The molecule has 0 aliphatic carbocycles. The molecule has 88 valence electrons. The van der Waals surface area contributed by atoms with Crippen molar-refractivity contribution >= 4 is 41.1 Å². The molecule has 1 aromatic rings. The average molecular weight is 280 g/mol. The summed E-state index contributed by atoms with van der Waals surface area (Å²) in [5, 5.41) is 0. The summed E-state index contributed by atoms with van der Waals surface area (Å²) in [6.45, 7) is 2.12. The minimum atomic E-state index is -1.54. The number of benzene rings is 1. The van der Waals surface area contributed by atoms with E-state index in [2.05, 4.69) is 6.92 Å². The number of aldehydes is 1. The number of alkyl halides is 3. The van der Waals surface area contributed by atoms with Crippen molar-refractivity contribution in [3.05, 3.63) is 34.9 Å². The third kappa shape index (κ3) is 3.65. The normalized spacial score (nSPS) is 11.5. The van der Waals surface area contributed by atoms with E-state index in [0.717, 1.165) is 24.8 Å². The third-order valence-electron chi connectivity index (χ3n) is 2.37. The second-order valence-corrected chi connectivity index (χ2v) is 5.92. The van der Waals surface area contributed by atoms with Crippen LogP contribution in [0, 0.1) is 0 Å². The topological polar surface area (TPSA) is 17.1 Å². The van der Waals surface area contributed by atoms with Gasteiger partial charge in [0, 0.05) is 11.1 Å². The zero-order valence-electron chi connectivity index (χ0n) is 8.97. The minimum absolute atomic E-state index is 0.431. The average Bonchev–Trinajstić information content (AvgIpc) is 2.24. The van der Waals surface area contributed by atoms with Crippen LogP contribution in [0.25, 0.3) is 0 Å². The second kappa shape index (κ2) is 5.90. The molecule has 16 heavy (non-hydrogen) atoms. The Morgan fingerprint density at radius 3 is 2.50 bits per heavy atom. The van der Waals surface area contributed by atoms with Crippen LogP contribution in [0.4, 0.5) is 0 Å². The van der Waals surface area contributed by atoms with Gasteiger partial charge < -0.3 is 0 Å². The van der Waals surface area contributed by atoms with E-state index < -0.39 is 3.79 Å². The summed E-state index contributed by atoms with van der Waals surface area (Å²) >= 11 is 17.5. The summed E-state index contributed by atoms with van der Waals surface area (Å²) in [4.78, 5) is 10.8. The van der Waals surface area contributed by atoms with Gasteiger partial charge in [0.2, 0.25) is 3.79 Å². The van der Waals surface area contributed by atoms with Crippen LogP contribution in [0.15, 0.2) is 18.2 Å². The Morgan fingerprint density at radius 2 is 2.00 bits per heavy atom. The van der Waals surface area contributed by atoms with Gasteiger partial charge in [-0.1, -0.05) is 66.3 Å². The summed E-state index contributed by atoms with van der Waals surface area (Å²) in [5.41, 5.74) is 1.98. The van der Waals surface area contributed by atoms with E-state index in [4.69, 9.17) is 34.8 Å². The number of aryl methyl sites for hydroxylation is 1. The third-order valence-corrected chi connectivity index (χ3v) is 2.98. The van der Waals surface area contributed by atoms with E-state index in [1.165, 1.54) is 0 Å². The summed E-state index contributed by atoms with van der Waals surface area (Å²) in [5.74, 6) is 0. The van der Waals surface area contributed by atoms with Crippen LogP contribution >= 0.6 is 34.8 Å². The lowest BCUT2D eigenvalue weighted by Gasteiger charge is -2.15. The van der Waals surface area contributed by atoms with Crippen LogP contribution in [0.1, 0.15) is 41.3 Å². The van der Waals surface area contributed by atoms with Crippen molar-refractivity contribution in [2.75, 3.05) is 0 Å². The zero-order valence-corrected chi connectivity index (χ0v) is 11.2. The van der Waals surface area contributed by atoms with Gasteiger partial charge in [-0.3, -0.25) is 4.79 Å². The molecule has 0 amide bonds. The number of hydrogen-bond donors (Lipinski definition) is 0. The number of unbranched alkanes of at least 4 members (excludes halogenated alkanes) is 1. The Hall–Kier alpha value is -0.240. The number of rotatable bonds is 4. The van der Waals surface area contributed by atoms with Crippen molar-refractivity contribution in [3.8, 4) is 0 Å². The largest absolute Gasteiger partial charge is 0.298 e. The molecule has 0 heterocycles. The molecule has 0 fully saturated rings. The molecule has 1 rings (SSSR count). The molecule has 1 nitrogen and oxygen atoms in total. The molecule has 0 atom stereocenters. The van der Waals surface area contributed by atoms with Crippen molar-refractivity contribution in [1.29, 1.82) is 0 Å². The van der Waals surface area contributed by atoms with Crippen LogP contribution in [0.2, 0.25) is 0 Å². The maximum atomic E-state index is 10.8. The maximum absolute atomic E-state index is 10.8. The zero-order chi connectivity index (χ0) is 12.2.